The van der Waals surface area contributed by atoms with Crippen LogP contribution in [0.4, 0.5) is 11.4 Å². The van der Waals surface area contributed by atoms with Crippen molar-refractivity contribution < 1.29 is 19.5 Å². The molecule has 1 aromatic heterocycles. The zero-order valence-corrected chi connectivity index (χ0v) is 13.5. The van der Waals surface area contributed by atoms with Crippen LogP contribution in [-0.4, -0.2) is 32.7 Å². The lowest BCUT2D eigenvalue weighted by atomic mass is 10.1. The Morgan fingerprint density at radius 3 is 2.25 bits per heavy atom. The molecule has 8 nitrogen and oxygen atoms in total. The Labute approximate surface area is 138 Å². The van der Waals surface area contributed by atoms with Crippen molar-refractivity contribution in [3.63, 3.8) is 0 Å². The van der Waals surface area contributed by atoms with Gasteiger partial charge in [-0.25, -0.2) is 4.79 Å². The number of benzene rings is 1. The molecule has 8 heteroatoms. The molecule has 0 saturated heterocycles. The van der Waals surface area contributed by atoms with Crippen molar-refractivity contribution >= 4 is 29.2 Å². The van der Waals surface area contributed by atoms with Gasteiger partial charge in [-0.05, 0) is 38.1 Å². The summed E-state index contributed by atoms with van der Waals surface area (Å²) in [5.74, 6) is -1.59. The first-order valence-corrected chi connectivity index (χ1v) is 7.17. The summed E-state index contributed by atoms with van der Waals surface area (Å²) in [6, 6.07) is 6.39. The van der Waals surface area contributed by atoms with Crippen LogP contribution in [0.1, 0.15) is 31.1 Å². The first-order chi connectivity index (χ1) is 11.2. The number of anilines is 2. The number of hydrogen-bond acceptors (Lipinski definition) is 4. The minimum absolute atomic E-state index is 0.194. The summed E-state index contributed by atoms with van der Waals surface area (Å²) in [7, 11) is 0. The number of carbonyl (C=O) groups excluding carboxylic acids is 2. The lowest BCUT2D eigenvalue weighted by molar-refractivity contribution is -0.146. The molecule has 126 valence electrons. The highest BCUT2D eigenvalue weighted by Gasteiger charge is 2.30. The predicted octanol–water partition coefficient (Wildman–Crippen LogP) is 1.91. The summed E-state index contributed by atoms with van der Waals surface area (Å²) >= 11 is 0. The van der Waals surface area contributed by atoms with Crippen molar-refractivity contribution in [2.24, 2.45) is 0 Å². The molecule has 0 atom stereocenters. The SMILES string of the molecule is CC(=O)Nc1ccc(C(=O)Nc2cnn(C(C)(C)C(=O)O)c2)cc1. The average molecular weight is 330 g/mol. The van der Waals surface area contributed by atoms with Crippen LogP contribution < -0.4 is 10.6 Å². The number of aromatic nitrogens is 2. The molecular formula is C16H18N4O4. The fourth-order valence-corrected chi connectivity index (χ4v) is 1.90. The third kappa shape index (κ3) is 3.78. The molecule has 3 N–H and O–H groups in total. The Bertz CT molecular complexity index is 778. The number of nitrogens with one attached hydrogen (secondary N) is 2. The Morgan fingerprint density at radius 1 is 1.08 bits per heavy atom. The quantitative estimate of drug-likeness (QED) is 0.775. The fourth-order valence-electron chi connectivity index (χ4n) is 1.90. The van der Waals surface area contributed by atoms with Crippen molar-refractivity contribution in [3.05, 3.63) is 42.2 Å². The molecule has 1 aromatic carbocycles. The van der Waals surface area contributed by atoms with E-state index in [1.54, 1.807) is 24.3 Å². The molecule has 0 bridgehead atoms. The van der Waals surface area contributed by atoms with Crippen molar-refractivity contribution in [1.29, 1.82) is 0 Å². The van der Waals surface area contributed by atoms with Crippen molar-refractivity contribution in [2.75, 3.05) is 10.6 Å². The van der Waals surface area contributed by atoms with E-state index >= 15 is 0 Å². The molecule has 0 radical (unpaired) electrons. The molecule has 1 heterocycles. The Kier molecular flexibility index (Phi) is 4.68. The van der Waals surface area contributed by atoms with Gasteiger partial charge in [-0.3, -0.25) is 14.3 Å². The standard InChI is InChI=1S/C16H18N4O4/c1-10(21)18-12-6-4-11(5-7-12)14(22)19-13-8-17-20(9-13)16(2,3)15(23)24/h4-9H,1-3H3,(H,18,21)(H,19,22)(H,23,24). The minimum Gasteiger partial charge on any atom is -0.479 e. The molecule has 0 saturated carbocycles. The Balaban J connectivity index is 2.09. The number of nitrogens with zero attached hydrogens (tertiary/aromatic N) is 2. The molecular weight excluding hydrogens is 312 g/mol. The number of hydrogen-bond donors (Lipinski definition) is 3. The van der Waals surface area contributed by atoms with Crippen LogP contribution in [0, 0.1) is 0 Å². The monoisotopic (exact) mass is 330 g/mol. The van der Waals surface area contributed by atoms with Crippen molar-refractivity contribution in [3.8, 4) is 0 Å². The maximum Gasteiger partial charge on any atom is 0.331 e. The van der Waals surface area contributed by atoms with Gasteiger partial charge in [-0.2, -0.15) is 5.10 Å². The van der Waals surface area contributed by atoms with Gasteiger partial charge in [-0.15, -0.1) is 0 Å². The van der Waals surface area contributed by atoms with E-state index in [0.717, 1.165) is 0 Å². The van der Waals surface area contributed by atoms with Gasteiger partial charge >= 0.3 is 5.97 Å². The molecule has 0 fully saturated rings. The van der Waals surface area contributed by atoms with Gasteiger partial charge in [-0.1, -0.05) is 0 Å². The van der Waals surface area contributed by atoms with E-state index in [0.29, 0.717) is 16.9 Å². The molecule has 0 aliphatic rings. The number of carbonyl (C=O) groups is 3. The molecule has 24 heavy (non-hydrogen) atoms. The fraction of sp³-hybridized carbons (Fsp3) is 0.250. The molecule has 2 rings (SSSR count). The van der Waals surface area contributed by atoms with E-state index in [1.807, 2.05) is 0 Å². The summed E-state index contributed by atoms with van der Waals surface area (Å²) in [5, 5.41) is 18.4. The van der Waals surface area contributed by atoms with Crippen LogP contribution in [-0.2, 0) is 15.1 Å². The van der Waals surface area contributed by atoms with Crippen molar-refractivity contribution in [1.82, 2.24) is 9.78 Å². The predicted molar refractivity (Wildman–Crippen MR) is 87.9 cm³/mol. The summed E-state index contributed by atoms with van der Waals surface area (Å²) in [4.78, 5) is 34.4. The van der Waals surface area contributed by atoms with Crippen molar-refractivity contribution in [2.45, 2.75) is 26.3 Å². The van der Waals surface area contributed by atoms with E-state index in [-0.39, 0.29) is 11.8 Å². The van der Waals surface area contributed by atoms with Gasteiger partial charge in [0, 0.05) is 24.4 Å². The first-order valence-electron chi connectivity index (χ1n) is 7.17. The van der Waals surface area contributed by atoms with E-state index in [4.69, 9.17) is 0 Å². The molecule has 0 unspecified atom stereocenters. The summed E-state index contributed by atoms with van der Waals surface area (Å²) in [5.41, 5.74) is 0.160. The third-order valence-electron chi connectivity index (χ3n) is 3.40. The van der Waals surface area contributed by atoms with Crippen LogP contribution >= 0.6 is 0 Å². The normalized spacial score (nSPS) is 11.0. The molecule has 2 aromatic rings. The summed E-state index contributed by atoms with van der Waals surface area (Å²) in [6.07, 6.45) is 2.84. The molecule has 0 aliphatic carbocycles. The number of carboxylic acids is 1. The van der Waals surface area contributed by atoms with Gasteiger partial charge < -0.3 is 15.7 Å². The average Bonchev–Trinajstić information content (AvgIpc) is 2.96. The van der Waals surface area contributed by atoms with E-state index in [1.165, 1.54) is 37.8 Å². The number of amides is 2. The molecule has 2 amide bonds. The number of carboxylic acid groups (broad SMARTS) is 1. The lowest BCUT2D eigenvalue weighted by Crippen LogP contribution is -2.35. The topological polar surface area (TPSA) is 113 Å². The van der Waals surface area contributed by atoms with Gasteiger partial charge in [0.05, 0.1) is 11.9 Å². The smallest absolute Gasteiger partial charge is 0.331 e. The number of rotatable bonds is 5. The molecule has 0 aliphatic heterocycles. The molecule has 0 spiro atoms. The highest BCUT2D eigenvalue weighted by Crippen LogP contribution is 2.18. The van der Waals surface area contributed by atoms with Crippen LogP contribution in [0.15, 0.2) is 36.7 Å². The van der Waals surface area contributed by atoms with E-state index < -0.39 is 11.5 Å². The Morgan fingerprint density at radius 2 is 1.71 bits per heavy atom. The maximum absolute atomic E-state index is 12.2. The van der Waals surface area contributed by atoms with Gasteiger partial charge in [0.2, 0.25) is 5.91 Å². The van der Waals surface area contributed by atoms with Crippen LogP contribution in [0.2, 0.25) is 0 Å². The minimum atomic E-state index is -1.22. The van der Waals surface area contributed by atoms with Gasteiger partial charge in [0.1, 0.15) is 0 Å². The zero-order valence-electron chi connectivity index (χ0n) is 13.5. The largest absolute Gasteiger partial charge is 0.479 e. The maximum atomic E-state index is 12.2. The summed E-state index contributed by atoms with van der Waals surface area (Å²) < 4.78 is 1.27. The summed E-state index contributed by atoms with van der Waals surface area (Å²) in [6.45, 7) is 4.42. The van der Waals surface area contributed by atoms with Gasteiger partial charge in [0.25, 0.3) is 5.91 Å². The second-order valence-electron chi connectivity index (χ2n) is 5.75. The second-order valence-corrected chi connectivity index (χ2v) is 5.75. The van der Waals surface area contributed by atoms with Gasteiger partial charge in [0.15, 0.2) is 5.54 Å². The highest BCUT2D eigenvalue weighted by molar-refractivity contribution is 6.04. The van der Waals surface area contributed by atoms with E-state index in [9.17, 15) is 19.5 Å². The first kappa shape index (κ1) is 17.2. The highest BCUT2D eigenvalue weighted by atomic mass is 16.4. The Hall–Kier alpha value is -3.16. The second kappa shape index (κ2) is 6.53. The zero-order chi connectivity index (χ0) is 17.9. The van der Waals surface area contributed by atoms with Crippen LogP contribution in [0.25, 0.3) is 0 Å². The third-order valence-corrected chi connectivity index (χ3v) is 3.40. The van der Waals surface area contributed by atoms with E-state index in [2.05, 4.69) is 15.7 Å². The number of aliphatic carboxylic acids is 1. The van der Waals surface area contributed by atoms with Crippen LogP contribution in [0.3, 0.4) is 0 Å². The lowest BCUT2D eigenvalue weighted by Gasteiger charge is -2.19. The van der Waals surface area contributed by atoms with Crippen LogP contribution in [0.5, 0.6) is 0 Å².